The molecule has 3 aromatic rings. The molecular weight excluding hydrogens is 572 g/mol. The van der Waals surface area contributed by atoms with Crippen molar-refractivity contribution in [2.24, 2.45) is 0 Å². The first-order chi connectivity index (χ1) is 20.5. The van der Waals surface area contributed by atoms with Crippen LogP contribution >= 0.6 is 23.4 Å². The summed E-state index contributed by atoms with van der Waals surface area (Å²) in [6.45, 7) is 5.86. The van der Waals surface area contributed by atoms with Crippen molar-refractivity contribution < 1.29 is 23.7 Å². The van der Waals surface area contributed by atoms with Crippen LogP contribution in [-0.2, 0) is 10.5 Å². The Hall–Kier alpha value is -3.17. The van der Waals surface area contributed by atoms with E-state index in [-0.39, 0.29) is 0 Å². The van der Waals surface area contributed by atoms with Crippen LogP contribution in [0.2, 0.25) is 5.02 Å². The molecule has 0 amide bonds. The number of ether oxygens (including phenoxy) is 4. The molecule has 42 heavy (non-hydrogen) atoms. The first-order valence-electron chi connectivity index (χ1n) is 14.1. The van der Waals surface area contributed by atoms with Gasteiger partial charge in [0.15, 0.2) is 11.5 Å². The largest absolute Gasteiger partial charge is 0.493 e. The van der Waals surface area contributed by atoms with Crippen LogP contribution in [-0.4, -0.2) is 83.0 Å². The lowest BCUT2D eigenvalue weighted by Gasteiger charge is -2.34. The van der Waals surface area contributed by atoms with Gasteiger partial charge in [0.2, 0.25) is 5.75 Å². The van der Waals surface area contributed by atoms with Gasteiger partial charge in [-0.05, 0) is 59.0 Å². The smallest absolute Gasteiger partial charge is 0.338 e. The molecule has 0 aromatic heterocycles. The SMILES string of the molecule is COc1cc(C(=O)OCCN2CCN(CC/C=C3/c4ccccc4CSc4ccc(Cl)cc43)CC2)cc(OC)c1OC. The van der Waals surface area contributed by atoms with E-state index < -0.39 is 5.97 Å². The zero-order valence-corrected chi connectivity index (χ0v) is 25.9. The van der Waals surface area contributed by atoms with Crippen LogP contribution in [0.1, 0.15) is 33.5 Å². The zero-order valence-electron chi connectivity index (χ0n) is 24.4. The third kappa shape index (κ3) is 7.06. The van der Waals surface area contributed by atoms with Gasteiger partial charge in [-0.1, -0.05) is 41.9 Å². The molecule has 0 spiro atoms. The van der Waals surface area contributed by atoms with Gasteiger partial charge in [-0.2, -0.15) is 0 Å². The minimum Gasteiger partial charge on any atom is -0.493 e. The number of hydrogen-bond acceptors (Lipinski definition) is 8. The van der Waals surface area contributed by atoms with Crippen molar-refractivity contribution in [3.8, 4) is 17.2 Å². The number of rotatable bonds is 10. The fourth-order valence-corrected chi connectivity index (χ4v) is 6.67. The summed E-state index contributed by atoms with van der Waals surface area (Å²) >= 11 is 8.30. The van der Waals surface area contributed by atoms with Gasteiger partial charge in [-0.15, -0.1) is 11.8 Å². The van der Waals surface area contributed by atoms with E-state index in [0.29, 0.717) is 36.0 Å². The fourth-order valence-electron chi connectivity index (χ4n) is 5.45. The highest BCUT2D eigenvalue weighted by Gasteiger charge is 2.21. The predicted octanol–water partition coefficient (Wildman–Crippen LogP) is 6.27. The van der Waals surface area contributed by atoms with Gasteiger partial charge in [0.1, 0.15) is 6.61 Å². The number of piperazine rings is 1. The summed E-state index contributed by atoms with van der Waals surface area (Å²) in [5, 5.41) is 0.768. The molecule has 0 radical (unpaired) electrons. The standard InChI is InChI=1S/C33H37ClN2O5S/c1-38-29-19-24(20-30(39-2)32(29)40-3)33(37)41-18-17-36-15-13-35(14-16-36)12-6-9-27-26-8-5-4-7-23(26)22-42-31-11-10-25(34)21-28(27)31/h4-5,7-11,19-21H,6,12-18,22H2,1-3H3/b27-9-. The molecule has 7 nitrogen and oxygen atoms in total. The normalized spacial score (nSPS) is 16.3. The lowest BCUT2D eigenvalue weighted by atomic mass is 9.93. The second-order valence-corrected chi connectivity index (χ2v) is 11.7. The minimum atomic E-state index is -0.415. The number of thioether (sulfide) groups is 1. The summed E-state index contributed by atoms with van der Waals surface area (Å²) < 4.78 is 21.6. The molecule has 0 N–H and O–H groups in total. The second kappa shape index (κ2) is 14.3. The van der Waals surface area contributed by atoms with Crippen LogP contribution in [0.4, 0.5) is 0 Å². The van der Waals surface area contributed by atoms with Gasteiger partial charge in [0.05, 0.1) is 26.9 Å². The van der Waals surface area contributed by atoms with Crippen molar-refractivity contribution in [1.29, 1.82) is 0 Å². The van der Waals surface area contributed by atoms with E-state index >= 15 is 0 Å². The third-order valence-corrected chi connectivity index (χ3v) is 9.08. The van der Waals surface area contributed by atoms with Crippen LogP contribution in [0.3, 0.4) is 0 Å². The summed E-state index contributed by atoms with van der Waals surface area (Å²) in [6.07, 6.45) is 3.35. The van der Waals surface area contributed by atoms with Crippen molar-refractivity contribution in [2.75, 3.05) is 67.2 Å². The highest BCUT2D eigenvalue weighted by Crippen LogP contribution is 2.41. The molecule has 0 atom stereocenters. The first-order valence-corrected chi connectivity index (χ1v) is 15.5. The van der Waals surface area contributed by atoms with Crippen molar-refractivity contribution >= 4 is 34.9 Å². The Morgan fingerprint density at radius 3 is 2.26 bits per heavy atom. The van der Waals surface area contributed by atoms with Gasteiger partial charge in [0, 0.05) is 54.9 Å². The molecule has 2 aliphatic heterocycles. The molecule has 1 fully saturated rings. The molecule has 0 saturated carbocycles. The van der Waals surface area contributed by atoms with Crippen molar-refractivity contribution in [1.82, 2.24) is 9.80 Å². The van der Waals surface area contributed by atoms with Crippen LogP contribution in [0.25, 0.3) is 5.57 Å². The number of hydrogen-bond donors (Lipinski definition) is 0. The van der Waals surface area contributed by atoms with Gasteiger partial charge < -0.3 is 23.8 Å². The molecule has 5 rings (SSSR count). The summed E-state index contributed by atoms with van der Waals surface area (Å²) in [5.41, 5.74) is 5.53. The summed E-state index contributed by atoms with van der Waals surface area (Å²) in [7, 11) is 4.57. The van der Waals surface area contributed by atoms with Crippen molar-refractivity contribution in [3.05, 3.63) is 87.9 Å². The molecule has 0 unspecified atom stereocenters. The average Bonchev–Trinajstić information content (AvgIpc) is 3.17. The molecular formula is C33H37ClN2O5S. The Labute approximate surface area is 257 Å². The lowest BCUT2D eigenvalue weighted by molar-refractivity contribution is 0.0423. The number of nitrogens with zero attached hydrogens (tertiary/aromatic N) is 2. The first kappa shape index (κ1) is 30.3. The Balaban J connectivity index is 1.12. The molecule has 0 bridgehead atoms. The molecule has 2 aliphatic rings. The van der Waals surface area contributed by atoms with Gasteiger partial charge >= 0.3 is 5.97 Å². The van der Waals surface area contributed by atoms with E-state index in [0.717, 1.165) is 49.9 Å². The van der Waals surface area contributed by atoms with Gasteiger partial charge in [-0.3, -0.25) is 4.90 Å². The van der Waals surface area contributed by atoms with E-state index in [9.17, 15) is 4.79 Å². The number of carbonyl (C=O) groups is 1. The Morgan fingerprint density at radius 2 is 1.57 bits per heavy atom. The van der Waals surface area contributed by atoms with E-state index in [1.807, 2.05) is 17.8 Å². The molecule has 0 aliphatic carbocycles. The van der Waals surface area contributed by atoms with Crippen LogP contribution in [0.15, 0.2) is 65.6 Å². The molecule has 3 aromatic carbocycles. The summed E-state index contributed by atoms with van der Waals surface area (Å²) in [4.78, 5) is 18.8. The Morgan fingerprint density at radius 1 is 0.881 bits per heavy atom. The predicted molar refractivity (Wildman–Crippen MR) is 168 cm³/mol. The monoisotopic (exact) mass is 608 g/mol. The number of carbonyl (C=O) groups excluding carboxylic acids is 1. The van der Waals surface area contributed by atoms with E-state index in [1.54, 1.807) is 12.1 Å². The maximum atomic E-state index is 12.7. The third-order valence-electron chi connectivity index (χ3n) is 7.72. The minimum absolute atomic E-state index is 0.320. The van der Waals surface area contributed by atoms with Gasteiger partial charge in [0.25, 0.3) is 0 Å². The lowest BCUT2D eigenvalue weighted by Crippen LogP contribution is -2.47. The molecule has 1 saturated heterocycles. The highest BCUT2D eigenvalue weighted by molar-refractivity contribution is 7.98. The second-order valence-electron chi connectivity index (χ2n) is 10.2. The highest BCUT2D eigenvalue weighted by atomic mass is 35.5. The van der Waals surface area contributed by atoms with Crippen LogP contribution < -0.4 is 14.2 Å². The molecule has 2 heterocycles. The maximum absolute atomic E-state index is 12.7. The van der Waals surface area contributed by atoms with Crippen LogP contribution in [0.5, 0.6) is 17.2 Å². The molecule has 222 valence electrons. The van der Waals surface area contributed by atoms with E-state index in [1.165, 1.54) is 48.5 Å². The number of fused-ring (bicyclic) bond motifs is 2. The number of halogens is 1. The van der Waals surface area contributed by atoms with E-state index in [2.05, 4.69) is 52.3 Å². The quantitative estimate of drug-likeness (QED) is 0.250. The maximum Gasteiger partial charge on any atom is 0.338 e. The van der Waals surface area contributed by atoms with Crippen molar-refractivity contribution in [3.63, 3.8) is 0 Å². The van der Waals surface area contributed by atoms with Crippen LogP contribution in [0, 0.1) is 0 Å². The van der Waals surface area contributed by atoms with E-state index in [4.69, 9.17) is 30.5 Å². The summed E-state index contributed by atoms with van der Waals surface area (Å²) in [5.74, 6) is 1.83. The fraction of sp³-hybridized carbons (Fsp3) is 0.364. The number of methoxy groups -OCH3 is 3. The number of benzene rings is 3. The van der Waals surface area contributed by atoms with Crippen molar-refractivity contribution in [2.45, 2.75) is 17.1 Å². The average molecular weight is 609 g/mol. The zero-order chi connectivity index (χ0) is 29.5. The Kier molecular flexibility index (Phi) is 10.3. The van der Waals surface area contributed by atoms with Gasteiger partial charge in [-0.25, -0.2) is 4.79 Å². The topological polar surface area (TPSA) is 60.5 Å². The summed E-state index contributed by atoms with van der Waals surface area (Å²) in [6, 6.07) is 18.1. The number of esters is 1. The Bertz CT molecular complexity index is 1410. The molecule has 9 heteroatoms.